The Morgan fingerprint density at radius 1 is 1.46 bits per heavy atom. The van der Waals surface area contributed by atoms with E-state index in [2.05, 4.69) is 25.8 Å². The molecule has 0 bridgehead atoms. The van der Waals surface area contributed by atoms with Gasteiger partial charge in [-0.3, -0.25) is 9.79 Å². The van der Waals surface area contributed by atoms with Crippen molar-refractivity contribution in [1.29, 1.82) is 0 Å². The Morgan fingerprint density at radius 2 is 2.08 bits per heavy atom. The van der Waals surface area contributed by atoms with Crippen LogP contribution in [0.25, 0.3) is 0 Å². The van der Waals surface area contributed by atoms with Crippen molar-refractivity contribution in [2.45, 2.75) is 34.1 Å². The van der Waals surface area contributed by atoms with Gasteiger partial charge in [-0.15, -0.1) is 0 Å². The highest BCUT2D eigenvalue weighted by atomic mass is 16.1. The van der Waals surface area contributed by atoms with Gasteiger partial charge in [-0.05, 0) is 17.4 Å². The van der Waals surface area contributed by atoms with Crippen LogP contribution in [-0.4, -0.2) is 18.5 Å². The number of allylic oxidation sites excluding steroid dienone is 1. The number of nitrogens with zero attached hydrogens (tertiary/aromatic N) is 1. The molecule has 0 fully saturated rings. The minimum absolute atomic E-state index is 0.0327. The standard InChI is InChI=1S/C11H17NO/c1-5-8-9(11(2,3)4)6-12-7-10(8)13/h6H,5,7H2,1-4H3. The molecule has 0 saturated carbocycles. The molecule has 72 valence electrons. The zero-order valence-corrected chi connectivity index (χ0v) is 8.85. The number of aliphatic imine (C=N–C) groups is 1. The number of carbonyl (C=O) groups excluding carboxylic acids is 1. The predicted octanol–water partition coefficient (Wildman–Crippen LogP) is 2.39. The number of Topliss-reactive ketones (excluding diaryl/α,β-unsaturated/α-hetero) is 1. The average molecular weight is 179 g/mol. The van der Waals surface area contributed by atoms with Gasteiger partial charge in [0, 0.05) is 11.8 Å². The van der Waals surface area contributed by atoms with E-state index in [9.17, 15) is 4.79 Å². The molecule has 0 unspecified atom stereocenters. The van der Waals surface area contributed by atoms with Crippen LogP contribution in [0.2, 0.25) is 0 Å². The minimum atomic E-state index is 0.0327. The molecule has 2 heteroatoms. The van der Waals surface area contributed by atoms with Crippen LogP contribution in [0.3, 0.4) is 0 Å². The minimum Gasteiger partial charge on any atom is -0.292 e. The lowest BCUT2D eigenvalue weighted by atomic mass is 9.81. The Labute approximate surface area is 79.8 Å². The maximum atomic E-state index is 11.5. The van der Waals surface area contributed by atoms with Crippen LogP contribution in [0.15, 0.2) is 16.1 Å². The summed E-state index contributed by atoms with van der Waals surface area (Å²) in [5.41, 5.74) is 2.10. The topological polar surface area (TPSA) is 29.4 Å². The van der Waals surface area contributed by atoms with Crippen LogP contribution in [0.1, 0.15) is 34.1 Å². The highest BCUT2D eigenvalue weighted by Gasteiger charge is 2.24. The van der Waals surface area contributed by atoms with Crippen molar-refractivity contribution in [2.24, 2.45) is 10.4 Å². The molecular weight excluding hydrogens is 162 g/mol. The molecule has 13 heavy (non-hydrogen) atoms. The van der Waals surface area contributed by atoms with Gasteiger partial charge < -0.3 is 0 Å². The van der Waals surface area contributed by atoms with Gasteiger partial charge in [-0.2, -0.15) is 0 Å². The van der Waals surface area contributed by atoms with Gasteiger partial charge in [0.05, 0.1) is 0 Å². The predicted molar refractivity (Wildman–Crippen MR) is 55.1 cm³/mol. The third-order valence-corrected chi connectivity index (χ3v) is 2.28. The first-order valence-corrected chi connectivity index (χ1v) is 4.73. The third kappa shape index (κ3) is 2.06. The summed E-state index contributed by atoms with van der Waals surface area (Å²) >= 11 is 0. The maximum absolute atomic E-state index is 11.5. The van der Waals surface area contributed by atoms with E-state index in [-0.39, 0.29) is 11.2 Å². The molecular formula is C11H17NO. The van der Waals surface area contributed by atoms with Crippen LogP contribution >= 0.6 is 0 Å². The lowest BCUT2D eigenvalue weighted by Crippen LogP contribution is -2.22. The normalized spacial score (nSPS) is 18.3. The van der Waals surface area contributed by atoms with Gasteiger partial charge in [-0.25, -0.2) is 0 Å². The monoisotopic (exact) mass is 179 g/mol. The fraction of sp³-hybridized carbons (Fsp3) is 0.636. The smallest absolute Gasteiger partial charge is 0.180 e. The lowest BCUT2D eigenvalue weighted by molar-refractivity contribution is -0.114. The molecule has 1 heterocycles. The average Bonchev–Trinajstić information content (AvgIpc) is 2.02. The maximum Gasteiger partial charge on any atom is 0.180 e. The Kier molecular flexibility index (Phi) is 2.69. The molecule has 0 amide bonds. The fourth-order valence-corrected chi connectivity index (χ4v) is 1.58. The SMILES string of the molecule is CCC1=C(C(C)(C)C)C=NCC1=O. The second kappa shape index (κ2) is 3.44. The number of rotatable bonds is 1. The van der Waals surface area contributed by atoms with Crippen molar-refractivity contribution in [2.75, 3.05) is 6.54 Å². The van der Waals surface area contributed by atoms with Gasteiger partial charge >= 0.3 is 0 Å². The molecule has 0 N–H and O–H groups in total. The van der Waals surface area contributed by atoms with Crippen molar-refractivity contribution < 1.29 is 4.79 Å². The summed E-state index contributed by atoms with van der Waals surface area (Å²) in [5, 5.41) is 0. The Balaban J connectivity index is 3.15. The molecule has 0 aromatic carbocycles. The zero-order chi connectivity index (χ0) is 10.1. The molecule has 1 aliphatic rings. The first-order chi connectivity index (χ1) is 5.96. The Morgan fingerprint density at radius 3 is 2.46 bits per heavy atom. The first kappa shape index (κ1) is 10.2. The van der Waals surface area contributed by atoms with Crippen molar-refractivity contribution in [1.82, 2.24) is 0 Å². The summed E-state index contributed by atoms with van der Waals surface area (Å²) in [4.78, 5) is 15.6. The van der Waals surface area contributed by atoms with Crippen LogP contribution < -0.4 is 0 Å². The molecule has 0 radical (unpaired) electrons. The lowest BCUT2D eigenvalue weighted by Gasteiger charge is -2.25. The summed E-state index contributed by atoms with van der Waals surface area (Å²) in [5.74, 6) is 0.190. The van der Waals surface area contributed by atoms with E-state index in [0.717, 1.165) is 17.6 Å². The molecule has 0 aliphatic carbocycles. The Bertz CT molecular complexity index is 279. The van der Waals surface area contributed by atoms with Crippen molar-refractivity contribution in [3.05, 3.63) is 11.1 Å². The molecule has 1 rings (SSSR count). The van der Waals surface area contributed by atoms with Crippen molar-refractivity contribution >= 4 is 12.0 Å². The van der Waals surface area contributed by atoms with Gasteiger partial charge in [-0.1, -0.05) is 27.7 Å². The summed E-state index contributed by atoms with van der Waals surface area (Å²) in [6.07, 6.45) is 2.68. The summed E-state index contributed by atoms with van der Waals surface area (Å²) < 4.78 is 0. The number of carbonyl (C=O) groups is 1. The van der Waals surface area contributed by atoms with Crippen LogP contribution in [0.4, 0.5) is 0 Å². The van der Waals surface area contributed by atoms with E-state index in [0.29, 0.717) is 6.54 Å². The highest BCUT2D eigenvalue weighted by Crippen LogP contribution is 2.29. The van der Waals surface area contributed by atoms with Gasteiger partial charge in [0.2, 0.25) is 0 Å². The van der Waals surface area contributed by atoms with E-state index >= 15 is 0 Å². The molecule has 1 aliphatic heterocycles. The highest BCUT2D eigenvalue weighted by molar-refractivity contribution is 6.06. The number of hydrogen-bond acceptors (Lipinski definition) is 2. The van der Waals surface area contributed by atoms with Crippen LogP contribution in [0, 0.1) is 5.41 Å². The quantitative estimate of drug-likeness (QED) is 0.607. The molecule has 0 aromatic heterocycles. The number of dihydropyridines is 1. The van der Waals surface area contributed by atoms with E-state index in [4.69, 9.17) is 0 Å². The van der Waals surface area contributed by atoms with Crippen LogP contribution in [0.5, 0.6) is 0 Å². The summed E-state index contributed by atoms with van der Waals surface area (Å²) in [7, 11) is 0. The number of ketones is 1. The largest absolute Gasteiger partial charge is 0.292 e. The molecule has 0 atom stereocenters. The van der Waals surface area contributed by atoms with E-state index in [1.54, 1.807) is 0 Å². The van der Waals surface area contributed by atoms with Gasteiger partial charge in [0.15, 0.2) is 5.78 Å². The van der Waals surface area contributed by atoms with Gasteiger partial charge in [0.25, 0.3) is 0 Å². The molecule has 0 aromatic rings. The van der Waals surface area contributed by atoms with Crippen molar-refractivity contribution in [3.63, 3.8) is 0 Å². The Hall–Kier alpha value is -0.920. The molecule has 0 spiro atoms. The summed E-state index contributed by atoms with van der Waals surface area (Å²) in [6.45, 7) is 8.70. The van der Waals surface area contributed by atoms with E-state index in [1.807, 2.05) is 13.1 Å². The fourth-order valence-electron chi connectivity index (χ4n) is 1.58. The molecule has 0 saturated heterocycles. The second-order valence-electron chi connectivity index (χ2n) is 4.39. The van der Waals surface area contributed by atoms with Crippen LogP contribution in [-0.2, 0) is 4.79 Å². The van der Waals surface area contributed by atoms with Gasteiger partial charge in [0.1, 0.15) is 6.54 Å². The number of hydrogen-bond donors (Lipinski definition) is 0. The first-order valence-electron chi connectivity index (χ1n) is 4.73. The zero-order valence-electron chi connectivity index (χ0n) is 8.85. The third-order valence-electron chi connectivity index (χ3n) is 2.28. The van der Waals surface area contributed by atoms with E-state index < -0.39 is 0 Å². The molecule has 2 nitrogen and oxygen atoms in total. The summed E-state index contributed by atoms with van der Waals surface area (Å²) in [6, 6.07) is 0. The van der Waals surface area contributed by atoms with E-state index in [1.165, 1.54) is 0 Å². The second-order valence-corrected chi connectivity index (χ2v) is 4.39. The van der Waals surface area contributed by atoms with Crippen molar-refractivity contribution in [3.8, 4) is 0 Å².